The van der Waals surface area contributed by atoms with Crippen molar-refractivity contribution in [2.45, 2.75) is 12.5 Å². The predicted molar refractivity (Wildman–Crippen MR) is 102 cm³/mol. The predicted octanol–water partition coefficient (Wildman–Crippen LogP) is 1.95. The quantitative estimate of drug-likeness (QED) is 0.775. The summed E-state index contributed by atoms with van der Waals surface area (Å²) in [4.78, 5) is 16.7. The van der Waals surface area contributed by atoms with Crippen LogP contribution in [0.5, 0.6) is 11.5 Å². The van der Waals surface area contributed by atoms with Gasteiger partial charge in [-0.1, -0.05) is 0 Å². The van der Waals surface area contributed by atoms with Crippen LogP contribution in [0.4, 0.5) is 11.4 Å². The Morgan fingerprint density at radius 1 is 1.19 bits per heavy atom. The van der Waals surface area contributed by atoms with E-state index in [9.17, 15) is 13.2 Å². The Bertz CT molecular complexity index is 946. The number of hydrogen-bond acceptors (Lipinski definition) is 7. The van der Waals surface area contributed by atoms with E-state index < -0.39 is 9.84 Å². The van der Waals surface area contributed by atoms with Gasteiger partial charge in [-0.15, -0.1) is 0 Å². The number of amides is 1. The number of hydrogen-bond donors (Lipinski definition) is 2. The Morgan fingerprint density at radius 3 is 2.67 bits per heavy atom. The van der Waals surface area contributed by atoms with Gasteiger partial charge in [0.05, 0.1) is 42.7 Å². The van der Waals surface area contributed by atoms with E-state index in [4.69, 9.17) is 9.47 Å². The topological polar surface area (TPSA) is 107 Å². The number of anilines is 2. The Hall–Kier alpha value is -2.81. The molecule has 2 heterocycles. The first-order chi connectivity index (χ1) is 12.9. The Labute approximate surface area is 157 Å². The molecule has 2 N–H and O–H groups in total. The van der Waals surface area contributed by atoms with E-state index >= 15 is 0 Å². The van der Waals surface area contributed by atoms with Crippen molar-refractivity contribution in [2.75, 3.05) is 36.4 Å². The smallest absolute Gasteiger partial charge is 0.257 e. The van der Waals surface area contributed by atoms with Crippen molar-refractivity contribution in [1.29, 1.82) is 0 Å². The zero-order chi connectivity index (χ0) is 19.4. The van der Waals surface area contributed by atoms with Crippen molar-refractivity contribution in [3.05, 3.63) is 42.2 Å². The minimum absolute atomic E-state index is 0.0877. The van der Waals surface area contributed by atoms with Crippen LogP contribution < -0.4 is 20.1 Å². The van der Waals surface area contributed by atoms with Gasteiger partial charge in [0.15, 0.2) is 9.84 Å². The highest BCUT2D eigenvalue weighted by Crippen LogP contribution is 2.29. The van der Waals surface area contributed by atoms with Crippen LogP contribution in [-0.2, 0) is 9.84 Å². The molecule has 0 spiro atoms. The molecule has 1 aromatic heterocycles. The molecule has 1 saturated heterocycles. The summed E-state index contributed by atoms with van der Waals surface area (Å²) in [5.74, 6) is 0.986. The molecule has 1 aliphatic rings. The van der Waals surface area contributed by atoms with E-state index in [-0.39, 0.29) is 23.5 Å². The highest BCUT2D eigenvalue weighted by molar-refractivity contribution is 7.91. The zero-order valence-corrected chi connectivity index (χ0v) is 15.9. The normalized spacial score (nSPS) is 17.9. The number of nitrogens with one attached hydrogen (secondary N) is 2. The van der Waals surface area contributed by atoms with Crippen LogP contribution in [0.3, 0.4) is 0 Å². The van der Waals surface area contributed by atoms with Crippen molar-refractivity contribution >= 4 is 27.1 Å². The maximum atomic E-state index is 12.6. The number of carbonyl (C=O) groups is 1. The van der Waals surface area contributed by atoms with Gasteiger partial charge >= 0.3 is 0 Å². The standard InChI is InChI=1S/C18H21N3O5S/c1-25-15-3-4-17(26-2)16(8-15)21-18(22)12-7-14(10-19-9-12)20-13-5-6-27(23,24)11-13/h3-4,7-10,13,20H,5-6,11H2,1-2H3,(H,21,22). The maximum Gasteiger partial charge on any atom is 0.257 e. The minimum atomic E-state index is -2.98. The van der Waals surface area contributed by atoms with E-state index in [1.54, 1.807) is 30.5 Å². The molecule has 1 aromatic carbocycles. The summed E-state index contributed by atoms with van der Waals surface area (Å²) < 4.78 is 33.6. The number of ether oxygens (including phenoxy) is 2. The van der Waals surface area contributed by atoms with Crippen molar-refractivity contribution in [2.24, 2.45) is 0 Å². The summed E-state index contributed by atoms with van der Waals surface area (Å²) in [6.45, 7) is 0. The van der Waals surface area contributed by atoms with Gasteiger partial charge in [-0.05, 0) is 24.6 Å². The first-order valence-electron chi connectivity index (χ1n) is 8.35. The summed E-state index contributed by atoms with van der Waals surface area (Å²) in [6.07, 6.45) is 3.55. The highest BCUT2D eigenvalue weighted by Gasteiger charge is 2.27. The summed E-state index contributed by atoms with van der Waals surface area (Å²) in [5, 5.41) is 5.91. The molecule has 9 heteroatoms. The van der Waals surface area contributed by atoms with Crippen LogP contribution in [0.15, 0.2) is 36.7 Å². The first kappa shape index (κ1) is 19.0. The molecule has 27 heavy (non-hydrogen) atoms. The lowest BCUT2D eigenvalue weighted by molar-refractivity contribution is 0.102. The second-order valence-corrected chi connectivity index (χ2v) is 8.46. The van der Waals surface area contributed by atoms with E-state index in [1.165, 1.54) is 20.4 Å². The van der Waals surface area contributed by atoms with Crippen LogP contribution in [0.2, 0.25) is 0 Å². The molecule has 0 saturated carbocycles. The number of sulfone groups is 1. The van der Waals surface area contributed by atoms with E-state index in [0.717, 1.165) is 0 Å². The Kier molecular flexibility index (Phi) is 5.50. The monoisotopic (exact) mass is 391 g/mol. The number of benzene rings is 1. The molecule has 144 valence electrons. The van der Waals surface area contributed by atoms with Gasteiger partial charge in [-0.3, -0.25) is 9.78 Å². The minimum Gasteiger partial charge on any atom is -0.497 e. The number of pyridine rings is 1. The molecule has 1 fully saturated rings. The highest BCUT2D eigenvalue weighted by atomic mass is 32.2. The molecule has 1 aliphatic heterocycles. The van der Waals surface area contributed by atoms with Gasteiger partial charge in [-0.2, -0.15) is 0 Å². The van der Waals surface area contributed by atoms with Crippen LogP contribution in [-0.4, -0.2) is 51.1 Å². The summed E-state index contributed by atoms with van der Waals surface area (Å²) in [6, 6.07) is 6.56. The molecular formula is C18H21N3O5S. The van der Waals surface area contributed by atoms with Gasteiger partial charge in [0, 0.05) is 24.5 Å². The van der Waals surface area contributed by atoms with Gasteiger partial charge in [0.25, 0.3) is 5.91 Å². The molecule has 0 radical (unpaired) electrons. The van der Waals surface area contributed by atoms with Crippen LogP contribution in [0.1, 0.15) is 16.8 Å². The van der Waals surface area contributed by atoms with Crippen molar-refractivity contribution in [3.63, 3.8) is 0 Å². The fraction of sp³-hybridized carbons (Fsp3) is 0.333. The molecule has 1 amide bonds. The zero-order valence-electron chi connectivity index (χ0n) is 15.1. The number of methoxy groups -OCH3 is 2. The molecule has 0 aliphatic carbocycles. The molecule has 3 rings (SSSR count). The average molecular weight is 391 g/mol. The summed E-state index contributed by atoms with van der Waals surface area (Å²) in [5.41, 5.74) is 1.41. The van der Waals surface area contributed by atoms with Crippen LogP contribution >= 0.6 is 0 Å². The molecule has 0 bridgehead atoms. The average Bonchev–Trinajstić information content (AvgIpc) is 3.00. The first-order valence-corrected chi connectivity index (χ1v) is 10.2. The second kappa shape index (κ2) is 7.83. The van der Waals surface area contributed by atoms with Crippen LogP contribution in [0.25, 0.3) is 0 Å². The van der Waals surface area contributed by atoms with Crippen LogP contribution in [0, 0.1) is 0 Å². The van der Waals surface area contributed by atoms with Crippen molar-refractivity contribution in [3.8, 4) is 11.5 Å². The fourth-order valence-electron chi connectivity index (χ4n) is 2.89. The lowest BCUT2D eigenvalue weighted by Crippen LogP contribution is -2.21. The van der Waals surface area contributed by atoms with Crippen molar-refractivity contribution < 1.29 is 22.7 Å². The van der Waals surface area contributed by atoms with E-state index in [1.807, 2.05) is 0 Å². The molecule has 1 unspecified atom stereocenters. The lowest BCUT2D eigenvalue weighted by Gasteiger charge is -2.14. The maximum absolute atomic E-state index is 12.6. The van der Waals surface area contributed by atoms with Gasteiger partial charge in [0.1, 0.15) is 11.5 Å². The molecular weight excluding hydrogens is 370 g/mol. The summed E-state index contributed by atoms with van der Waals surface area (Å²) in [7, 11) is 0.0655. The molecule has 8 nitrogen and oxygen atoms in total. The Balaban J connectivity index is 1.74. The number of nitrogens with zero attached hydrogens (tertiary/aromatic N) is 1. The third-order valence-electron chi connectivity index (χ3n) is 4.26. The van der Waals surface area contributed by atoms with Gasteiger partial charge < -0.3 is 20.1 Å². The Morgan fingerprint density at radius 2 is 2.00 bits per heavy atom. The van der Waals surface area contributed by atoms with Gasteiger partial charge in [0.2, 0.25) is 0 Å². The van der Waals surface area contributed by atoms with E-state index in [0.29, 0.717) is 34.9 Å². The lowest BCUT2D eigenvalue weighted by atomic mass is 10.2. The van der Waals surface area contributed by atoms with E-state index in [2.05, 4.69) is 15.6 Å². The summed E-state index contributed by atoms with van der Waals surface area (Å²) >= 11 is 0. The molecule has 2 aromatic rings. The third-order valence-corrected chi connectivity index (χ3v) is 6.03. The van der Waals surface area contributed by atoms with Gasteiger partial charge in [-0.25, -0.2) is 8.42 Å². The SMILES string of the molecule is COc1ccc(OC)c(NC(=O)c2cncc(NC3CCS(=O)(=O)C3)c2)c1. The second-order valence-electron chi connectivity index (χ2n) is 6.23. The largest absolute Gasteiger partial charge is 0.497 e. The number of carbonyl (C=O) groups excluding carboxylic acids is 1. The fourth-order valence-corrected chi connectivity index (χ4v) is 4.57. The third kappa shape index (κ3) is 4.68. The molecule has 1 atom stereocenters. The number of rotatable bonds is 6. The number of aromatic nitrogens is 1. The van der Waals surface area contributed by atoms with Crippen molar-refractivity contribution in [1.82, 2.24) is 4.98 Å².